The second-order valence-corrected chi connectivity index (χ2v) is 5.58. The van der Waals surface area contributed by atoms with Gasteiger partial charge in [-0.15, -0.1) is 0 Å². The van der Waals surface area contributed by atoms with E-state index in [1.807, 2.05) is 0 Å². The first kappa shape index (κ1) is 13.5. The van der Waals surface area contributed by atoms with Crippen molar-refractivity contribution < 1.29 is 23.8 Å². The molecule has 19 heavy (non-hydrogen) atoms. The van der Waals surface area contributed by atoms with E-state index in [4.69, 9.17) is 14.3 Å². The Morgan fingerprint density at radius 2 is 1.95 bits per heavy atom. The predicted octanol–water partition coefficient (Wildman–Crippen LogP) is 2.54. The number of aryl methyl sites for hydroxylation is 1. The lowest BCUT2D eigenvalue weighted by atomic mass is 10.1. The van der Waals surface area contributed by atoms with Crippen molar-refractivity contribution >= 4 is 12.1 Å². The second kappa shape index (κ2) is 4.29. The number of furan rings is 1. The minimum absolute atomic E-state index is 0.154. The molecule has 0 atom stereocenters. The van der Waals surface area contributed by atoms with Crippen LogP contribution in [-0.4, -0.2) is 27.7 Å². The van der Waals surface area contributed by atoms with Crippen LogP contribution in [0.3, 0.4) is 0 Å². The van der Waals surface area contributed by atoms with Crippen molar-refractivity contribution in [3.8, 4) is 0 Å². The van der Waals surface area contributed by atoms with Crippen LogP contribution in [0, 0.1) is 6.92 Å². The molecular formula is C13H17NO5. The molecule has 1 aliphatic rings. The molecule has 0 unspecified atom stereocenters. The van der Waals surface area contributed by atoms with Gasteiger partial charge in [-0.1, -0.05) is 0 Å². The third kappa shape index (κ3) is 2.57. The summed E-state index contributed by atoms with van der Waals surface area (Å²) in [6.07, 6.45) is -0.465. The highest BCUT2D eigenvalue weighted by atomic mass is 16.6. The van der Waals surface area contributed by atoms with Gasteiger partial charge in [-0.3, -0.25) is 4.90 Å². The lowest BCUT2D eigenvalue weighted by molar-refractivity contribution is 0.0231. The summed E-state index contributed by atoms with van der Waals surface area (Å²) >= 11 is 0. The number of carboxylic acids is 1. The van der Waals surface area contributed by atoms with Gasteiger partial charge in [0.2, 0.25) is 0 Å². The summed E-state index contributed by atoms with van der Waals surface area (Å²) < 4.78 is 10.6. The Balaban J connectivity index is 2.17. The number of carbonyl (C=O) groups excluding carboxylic acids is 1. The predicted molar refractivity (Wildman–Crippen MR) is 65.9 cm³/mol. The number of fused-ring (bicyclic) bond motifs is 1. The van der Waals surface area contributed by atoms with Gasteiger partial charge in [0.1, 0.15) is 22.7 Å². The highest BCUT2D eigenvalue weighted by Crippen LogP contribution is 2.31. The Bertz CT molecular complexity index is 538. The molecule has 0 saturated carbocycles. The summed E-state index contributed by atoms with van der Waals surface area (Å²) in [5.41, 5.74) is 0.142. The monoisotopic (exact) mass is 267 g/mol. The van der Waals surface area contributed by atoms with E-state index in [1.54, 1.807) is 27.7 Å². The fraction of sp³-hybridized carbons (Fsp3) is 0.538. The van der Waals surface area contributed by atoms with Crippen molar-refractivity contribution in [3.63, 3.8) is 0 Å². The maximum absolute atomic E-state index is 11.9. The van der Waals surface area contributed by atoms with Crippen molar-refractivity contribution in [2.75, 3.05) is 0 Å². The zero-order valence-electron chi connectivity index (χ0n) is 11.4. The van der Waals surface area contributed by atoms with E-state index in [9.17, 15) is 9.59 Å². The van der Waals surface area contributed by atoms with Crippen molar-refractivity contribution in [3.05, 3.63) is 22.6 Å². The standard InChI is InChI=1S/C13H17NO5/c1-7-10(11(15)16)8-5-14(6-9(8)18-7)12(17)19-13(2,3)4/h5-6H2,1-4H3,(H,15,16). The van der Waals surface area contributed by atoms with Crippen LogP contribution in [0.25, 0.3) is 0 Å². The van der Waals surface area contributed by atoms with Crippen molar-refractivity contribution in [2.24, 2.45) is 0 Å². The highest BCUT2D eigenvalue weighted by Gasteiger charge is 2.34. The maximum Gasteiger partial charge on any atom is 0.411 e. The summed E-state index contributed by atoms with van der Waals surface area (Å²) in [7, 11) is 0. The number of amides is 1. The molecule has 6 heteroatoms. The fourth-order valence-electron chi connectivity index (χ4n) is 2.10. The number of carbonyl (C=O) groups is 2. The van der Waals surface area contributed by atoms with Crippen LogP contribution < -0.4 is 0 Å². The molecule has 0 spiro atoms. The first-order valence-electron chi connectivity index (χ1n) is 6.01. The number of aromatic carboxylic acids is 1. The van der Waals surface area contributed by atoms with Crippen molar-refractivity contribution in [2.45, 2.75) is 46.4 Å². The number of rotatable bonds is 1. The Hall–Kier alpha value is -1.98. The van der Waals surface area contributed by atoms with Crippen LogP contribution in [0.5, 0.6) is 0 Å². The first-order valence-corrected chi connectivity index (χ1v) is 6.01. The second-order valence-electron chi connectivity index (χ2n) is 5.58. The number of hydrogen-bond acceptors (Lipinski definition) is 4. The molecule has 1 amide bonds. The summed E-state index contributed by atoms with van der Waals surface area (Å²) in [6, 6.07) is 0. The number of nitrogens with zero attached hydrogens (tertiary/aromatic N) is 1. The largest absolute Gasteiger partial charge is 0.478 e. The number of ether oxygens (including phenoxy) is 1. The lowest BCUT2D eigenvalue weighted by Gasteiger charge is -2.24. The molecule has 6 nitrogen and oxygen atoms in total. The molecule has 1 aromatic heterocycles. The van der Waals surface area contributed by atoms with E-state index in [-0.39, 0.29) is 18.7 Å². The van der Waals surface area contributed by atoms with Crippen LogP contribution >= 0.6 is 0 Å². The maximum atomic E-state index is 11.9. The molecule has 0 aromatic carbocycles. The molecule has 0 radical (unpaired) electrons. The van der Waals surface area contributed by atoms with Crippen molar-refractivity contribution in [1.82, 2.24) is 4.90 Å². The first-order chi connectivity index (χ1) is 8.69. The van der Waals surface area contributed by atoms with Gasteiger partial charge in [0, 0.05) is 5.56 Å². The fourth-order valence-corrected chi connectivity index (χ4v) is 2.10. The van der Waals surface area contributed by atoms with Crippen LogP contribution in [0.4, 0.5) is 4.79 Å². The molecule has 1 N–H and O–H groups in total. The average Bonchev–Trinajstić information content (AvgIpc) is 2.69. The van der Waals surface area contributed by atoms with Gasteiger partial charge in [-0.2, -0.15) is 0 Å². The Kier molecular flexibility index (Phi) is 3.04. The molecule has 0 bridgehead atoms. The topological polar surface area (TPSA) is 80.0 Å². The summed E-state index contributed by atoms with van der Waals surface area (Å²) in [5.74, 6) is -0.129. The minimum Gasteiger partial charge on any atom is -0.478 e. The van der Waals surface area contributed by atoms with Crippen LogP contribution in [-0.2, 0) is 17.8 Å². The van der Waals surface area contributed by atoms with Gasteiger partial charge in [0.05, 0.1) is 13.1 Å². The normalized spacial score (nSPS) is 14.4. The van der Waals surface area contributed by atoms with E-state index in [2.05, 4.69) is 0 Å². The Morgan fingerprint density at radius 1 is 1.32 bits per heavy atom. The highest BCUT2D eigenvalue weighted by molar-refractivity contribution is 5.91. The summed E-state index contributed by atoms with van der Waals surface area (Å²) in [5, 5.41) is 9.14. The SMILES string of the molecule is Cc1oc2c(c1C(=O)O)CN(C(=O)OC(C)(C)C)C2. The van der Waals surface area contributed by atoms with Gasteiger partial charge in [-0.05, 0) is 27.7 Å². The Labute approximate surface area is 110 Å². The third-order valence-corrected chi connectivity index (χ3v) is 2.82. The lowest BCUT2D eigenvalue weighted by Crippen LogP contribution is -2.33. The quantitative estimate of drug-likeness (QED) is 0.845. The third-order valence-electron chi connectivity index (χ3n) is 2.82. The van der Waals surface area contributed by atoms with Crippen LogP contribution in [0.2, 0.25) is 0 Å². The minimum atomic E-state index is -1.03. The van der Waals surface area contributed by atoms with E-state index >= 15 is 0 Å². The van der Waals surface area contributed by atoms with E-state index < -0.39 is 17.7 Å². The smallest absolute Gasteiger partial charge is 0.411 e. The molecular weight excluding hydrogens is 250 g/mol. The molecule has 0 aliphatic carbocycles. The van der Waals surface area contributed by atoms with Crippen LogP contribution in [0.15, 0.2) is 4.42 Å². The number of carboxylic acid groups (broad SMARTS) is 1. The van der Waals surface area contributed by atoms with Crippen molar-refractivity contribution in [1.29, 1.82) is 0 Å². The van der Waals surface area contributed by atoms with Gasteiger partial charge >= 0.3 is 12.1 Å². The number of hydrogen-bond donors (Lipinski definition) is 1. The molecule has 0 fully saturated rings. The summed E-state index contributed by atoms with van der Waals surface area (Å²) in [6.45, 7) is 7.42. The average molecular weight is 267 g/mol. The van der Waals surface area contributed by atoms with Gasteiger partial charge in [0.15, 0.2) is 0 Å². The molecule has 0 saturated heterocycles. The zero-order chi connectivity index (χ0) is 14.4. The molecule has 104 valence electrons. The van der Waals surface area contributed by atoms with E-state index in [0.717, 1.165) is 0 Å². The van der Waals surface area contributed by atoms with Crippen LogP contribution in [0.1, 0.15) is 48.2 Å². The van der Waals surface area contributed by atoms with Gasteiger partial charge < -0.3 is 14.3 Å². The molecule has 1 aliphatic heterocycles. The Morgan fingerprint density at radius 3 is 2.47 bits per heavy atom. The van der Waals surface area contributed by atoms with E-state index in [0.29, 0.717) is 17.1 Å². The summed E-state index contributed by atoms with van der Waals surface area (Å²) in [4.78, 5) is 24.5. The molecule has 1 aromatic rings. The molecule has 2 rings (SSSR count). The van der Waals surface area contributed by atoms with Gasteiger partial charge in [-0.25, -0.2) is 9.59 Å². The molecule has 2 heterocycles. The zero-order valence-corrected chi connectivity index (χ0v) is 11.4. The van der Waals surface area contributed by atoms with E-state index in [1.165, 1.54) is 4.90 Å². The van der Waals surface area contributed by atoms with Gasteiger partial charge in [0.25, 0.3) is 0 Å².